The van der Waals surface area contributed by atoms with Gasteiger partial charge >= 0.3 is 17.6 Å². The van der Waals surface area contributed by atoms with Crippen LogP contribution in [0.3, 0.4) is 0 Å². The predicted molar refractivity (Wildman–Crippen MR) is 254 cm³/mol. The molecule has 10 rings (SSSR count). The maximum absolute atomic E-state index is 6.07. The summed E-state index contributed by atoms with van der Waals surface area (Å²) in [6.07, 6.45) is 18.2. The van der Waals surface area contributed by atoms with Crippen molar-refractivity contribution in [3.05, 3.63) is 224 Å². The van der Waals surface area contributed by atoms with Gasteiger partial charge in [0.25, 0.3) is 6.21 Å². The summed E-state index contributed by atoms with van der Waals surface area (Å²) in [7, 11) is -2.50. The summed E-state index contributed by atoms with van der Waals surface area (Å²) in [4.78, 5) is 8.55. The van der Waals surface area contributed by atoms with Crippen LogP contribution in [-0.4, -0.2) is 47.9 Å². The van der Waals surface area contributed by atoms with Crippen LogP contribution in [0.5, 0.6) is 0 Å². The quantitative estimate of drug-likeness (QED) is 0.114. The van der Waals surface area contributed by atoms with Crippen LogP contribution in [-0.2, 0) is 0 Å². The number of nitrogens with two attached hydrogens (primary N) is 1. The fourth-order valence-electron chi connectivity index (χ4n) is 9.17. The first-order valence-corrected chi connectivity index (χ1v) is 23.4. The molecule has 0 saturated heterocycles. The summed E-state index contributed by atoms with van der Waals surface area (Å²) < 4.78 is 9.46. The fourth-order valence-corrected chi connectivity index (χ4v) is 12.9. The van der Waals surface area contributed by atoms with Gasteiger partial charge in [0.15, 0.2) is 0 Å². The molecule has 1 atom stereocenters. The van der Waals surface area contributed by atoms with E-state index in [0.29, 0.717) is 0 Å². The second-order valence-electron chi connectivity index (χ2n) is 16.0. The number of dihydropyridines is 1. The molecule has 0 amide bonds. The van der Waals surface area contributed by atoms with Gasteiger partial charge in [-0.2, -0.15) is 0 Å². The fraction of sp³-hybridized carbons (Fsp3) is 0.0755. The molecule has 60 heavy (non-hydrogen) atoms. The van der Waals surface area contributed by atoms with Gasteiger partial charge in [-0.05, 0) is 121 Å². The van der Waals surface area contributed by atoms with Crippen LogP contribution in [0, 0.1) is 0 Å². The zero-order valence-electron chi connectivity index (χ0n) is 33.8. The summed E-state index contributed by atoms with van der Waals surface area (Å²) in [6, 6.07) is 45.4. The molecule has 7 heteroatoms. The smallest absolute Gasteiger partial charge is 0.342 e. The number of fused-ring (bicyclic) bond motifs is 1. The Morgan fingerprint density at radius 2 is 1.45 bits per heavy atom. The average Bonchev–Trinajstić information content (AvgIpc) is 4.13. The van der Waals surface area contributed by atoms with Crippen LogP contribution in [0.25, 0.3) is 39.5 Å². The van der Waals surface area contributed by atoms with Crippen molar-refractivity contribution in [2.24, 2.45) is 5.73 Å². The van der Waals surface area contributed by atoms with E-state index in [9.17, 15) is 0 Å². The number of aromatic nitrogens is 2. The molecule has 4 aliphatic rings. The van der Waals surface area contributed by atoms with Gasteiger partial charge in [-0.3, -0.25) is 4.98 Å². The van der Waals surface area contributed by atoms with Gasteiger partial charge in [-0.15, -0.1) is 0 Å². The van der Waals surface area contributed by atoms with E-state index in [4.69, 9.17) is 15.4 Å². The average molecular weight is 793 g/mol. The minimum Gasteiger partial charge on any atom is -0.404 e. The summed E-state index contributed by atoms with van der Waals surface area (Å²) in [6.45, 7) is 7.16. The van der Waals surface area contributed by atoms with Crippen molar-refractivity contribution in [1.29, 1.82) is 0 Å². The van der Waals surface area contributed by atoms with Gasteiger partial charge in [0, 0.05) is 36.4 Å². The second-order valence-corrected chi connectivity index (χ2v) is 20.3. The number of H-pyrrole nitrogens is 1. The number of hydrogen-bond acceptors (Lipinski definition) is 3. The van der Waals surface area contributed by atoms with E-state index in [1.807, 2.05) is 42.9 Å². The van der Waals surface area contributed by atoms with Crippen LogP contribution < -0.4 is 30.8 Å². The van der Waals surface area contributed by atoms with Crippen molar-refractivity contribution in [2.45, 2.75) is 26.1 Å². The number of benzene rings is 4. The molecule has 2 aromatic heterocycles. The lowest BCUT2D eigenvalue weighted by molar-refractivity contribution is 0.859. The molecule has 4 N–H and O–H groups in total. The summed E-state index contributed by atoms with van der Waals surface area (Å²) in [5.41, 5.74) is 22.9. The van der Waals surface area contributed by atoms with Crippen molar-refractivity contribution >= 4 is 60.0 Å². The van der Waals surface area contributed by atoms with Crippen molar-refractivity contribution in [1.82, 2.24) is 24.6 Å². The Balaban J connectivity index is 1.18. The Hall–Kier alpha value is -7.53. The number of allylic oxidation sites excluding steroid dienone is 6. The van der Waals surface area contributed by atoms with E-state index in [1.165, 1.54) is 38.2 Å². The third-order valence-electron chi connectivity index (χ3n) is 12.1. The molecule has 0 fully saturated rings. The third-order valence-corrected chi connectivity index (χ3v) is 15.7. The highest BCUT2D eigenvalue weighted by Crippen LogP contribution is 2.54. The number of nitrogens with one attached hydrogen (secondary N) is 2. The maximum Gasteiger partial charge on any atom is 0.342 e. The van der Waals surface area contributed by atoms with Gasteiger partial charge in [-0.1, -0.05) is 107 Å². The maximum atomic E-state index is 6.07. The van der Waals surface area contributed by atoms with Gasteiger partial charge in [0.2, 0.25) is 0 Å². The van der Waals surface area contributed by atoms with E-state index in [1.54, 1.807) is 6.20 Å². The molecule has 0 spiro atoms. The molecule has 0 saturated carbocycles. The number of nitrogens with zero attached hydrogens (tertiary/aromatic N) is 3. The van der Waals surface area contributed by atoms with Crippen molar-refractivity contribution in [3.63, 3.8) is 0 Å². The first kappa shape index (κ1) is 36.8. The lowest BCUT2D eigenvalue weighted by Gasteiger charge is -2.28. The standard InChI is InChI=1S/C53H42N6Si/c1-34(42-13-6-4-11-39(42)31-54)35-17-19-36(20-18-35)49-50(37-21-23-38(24-22-37)51-43-14-7-5-12-40(43)32-58-51)53(48-28-27-47(59-48)45-15-8-9-29-55-45)60(2,3)52(49)41-25-26-46(57-33-41)44-16-10-30-56-44/h4-33,46,54,56H,1-3H3/p+2. The van der Waals surface area contributed by atoms with E-state index in [2.05, 4.69) is 169 Å². The van der Waals surface area contributed by atoms with E-state index in [0.717, 1.165) is 66.8 Å². The molecule has 6 heterocycles. The molecule has 4 aromatic carbocycles. The molecule has 1 unspecified atom stereocenters. The summed E-state index contributed by atoms with van der Waals surface area (Å²) in [5, 5.41) is 8.58. The minimum atomic E-state index is -2.50. The Morgan fingerprint density at radius 3 is 2.18 bits per heavy atom. The van der Waals surface area contributed by atoms with Crippen molar-refractivity contribution in [2.75, 3.05) is 0 Å². The monoisotopic (exact) mass is 792 g/mol. The van der Waals surface area contributed by atoms with Crippen molar-refractivity contribution < 1.29 is 0 Å². The molecule has 0 bridgehead atoms. The zero-order valence-corrected chi connectivity index (χ0v) is 34.8. The molecular weight excluding hydrogens is 749 g/mol. The number of rotatable bonds is 8. The first-order valence-electron chi connectivity index (χ1n) is 20.4. The zero-order chi connectivity index (χ0) is 40.8. The molecule has 4 aliphatic heterocycles. The number of pyridine rings is 1. The lowest BCUT2D eigenvalue weighted by Crippen LogP contribution is -2.36. The van der Waals surface area contributed by atoms with Gasteiger partial charge in [0.05, 0.1) is 28.1 Å². The highest BCUT2D eigenvalue weighted by Gasteiger charge is 2.45. The minimum absolute atomic E-state index is 0.00933. The summed E-state index contributed by atoms with van der Waals surface area (Å²) in [5.74, 6) is 0. The summed E-state index contributed by atoms with van der Waals surface area (Å²) >= 11 is 0. The Morgan fingerprint density at radius 1 is 0.733 bits per heavy atom. The molecule has 6 nitrogen and oxygen atoms in total. The van der Waals surface area contributed by atoms with E-state index < -0.39 is 8.07 Å². The SMILES string of the molecule is C/C(c1ccc(C2=C(C3=CNC(C4=[N+]=CC=C4)C=C3)[Si](C)(C)C(c3ccc(-c4ccccn4)[nH]3)=C2c2ccc(C3=[N+]=Cc4ccccc43)cc2)cc1)=c1/cccc/c1=C/N. The van der Waals surface area contributed by atoms with Crippen molar-refractivity contribution in [3.8, 4) is 11.4 Å². The normalized spacial score (nSPS) is 18.1. The molecule has 288 valence electrons. The molecular formula is C53H44N6Si+2. The number of hydrogen-bond donors (Lipinski definition) is 3. The lowest BCUT2D eigenvalue weighted by atomic mass is 9.88. The van der Waals surface area contributed by atoms with E-state index >= 15 is 0 Å². The van der Waals surface area contributed by atoms with Gasteiger partial charge < -0.3 is 16.0 Å². The van der Waals surface area contributed by atoms with Crippen LogP contribution in [0.2, 0.25) is 13.1 Å². The van der Waals surface area contributed by atoms with Gasteiger partial charge in [-0.25, -0.2) is 0 Å². The third kappa shape index (κ3) is 6.35. The Bertz CT molecular complexity index is 3160. The Kier molecular flexibility index (Phi) is 9.20. The predicted octanol–water partition coefficient (Wildman–Crippen LogP) is 7.06. The van der Waals surface area contributed by atoms with E-state index in [-0.39, 0.29) is 6.04 Å². The topological polar surface area (TPSA) is 94.9 Å². The Labute approximate surface area is 350 Å². The van der Waals surface area contributed by atoms with Crippen LogP contribution in [0.15, 0.2) is 175 Å². The largest absolute Gasteiger partial charge is 0.404 e. The van der Waals surface area contributed by atoms with Crippen LogP contribution in [0.1, 0.15) is 46.0 Å². The molecule has 6 aromatic rings. The highest BCUT2D eigenvalue weighted by molar-refractivity contribution is 7.05. The van der Waals surface area contributed by atoms with Crippen LogP contribution >= 0.6 is 0 Å². The first-order chi connectivity index (χ1) is 29.4. The second kappa shape index (κ2) is 15.0. The molecule has 0 aliphatic carbocycles. The van der Waals surface area contributed by atoms with Crippen LogP contribution in [0.4, 0.5) is 0 Å². The molecule has 0 radical (unpaired) electrons. The van der Waals surface area contributed by atoms with Gasteiger partial charge in [0.1, 0.15) is 14.1 Å². The highest BCUT2D eigenvalue weighted by atomic mass is 28.3. The number of aromatic amines is 1.